The highest BCUT2D eigenvalue weighted by atomic mass is 16.4. The van der Waals surface area contributed by atoms with E-state index in [9.17, 15) is 4.79 Å². The molecule has 0 spiro atoms. The number of carboxylic acids is 1. The third kappa shape index (κ3) is 3.32. The zero-order chi connectivity index (χ0) is 13.0. The second-order valence-corrected chi connectivity index (χ2v) is 5.01. The largest absolute Gasteiger partial charge is 0.481 e. The van der Waals surface area contributed by atoms with E-state index in [2.05, 4.69) is 9.88 Å². The lowest BCUT2D eigenvalue weighted by atomic mass is 9.98. The third-order valence-corrected chi connectivity index (χ3v) is 3.71. The molecular weight excluding hydrogens is 230 g/mol. The van der Waals surface area contributed by atoms with Gasteiger partial charge in [0, 0.05) is 31.9 Å². The summed E-state index contributed by atoms with van der Waals surface area (Å²) in [5.74, 6) is 0.356. The van der Waals surface area contributed by atoms with E-state index >= 15 is 0 Å². The van der Waals surface area contributed by atoms with Crippen LogP contribution in [-0.4, -0.2) is 38.1 Å². The smallest absolute Gasteiger partial charge is 0.303 e. The van der Waals surface area contributed by atoms with Gasteiger partial charge in [0.1, 0.15) is 5.82 Å². The quantitative estimate of drug-likeness (QED) is 0.864. The van der Waals surface area contributed by atoms with E-state index in [1.807, 2.05) is 24.0 Å². The van der Waals surface area contributed by atoms with E-state index in [1.54, 1.807) is 0 Å². The summed E-state index contributed by atoms with van der Waals surface area (Å²) in [7, 11) is 2.00. The maximum absolute atomic E-state index is 10.7. The molecule has 1 atom stereocenters. The Morgan fingerprint density at radius 1 is 1.56 bits per heavy atom. The molecular formula is C13H21N3O2. The second kappa shape index (κ2) is 6.00. The molecule has 0 aliphatic carbocycles. The molecule has 2 rings (SSSR count). The number of nitrogens with zero attached hydrogens (tertiary/aromatic N) is 3. The summed E-state index contributed by atoms with van der Waals surface area (Å²) in [4.78, 5) is 17.4. The van der Waals surface area contributed by atoms with Crippen molar-refractivity contribution >= 4 is 5.97 Å². The van der Waals surface area contributed by atoms with E-state index < -0.39 is 5.97 Å². The number of imidazole rings is 1. The highest BCUT2D eigenvalue weighted by Crippen LogP contribution is 2.22. The predicted octanol–water partition coefficient (Wildman–Crippen LogP) is 1.64. The number of carbonyl (C=O) groups is 1. The van der Waals surface area contributed by atoms with Crippen LogP contribution in [0, 0.1) is 0 Å². The minimum Gasteiger partial charge on any atom is -0.481 e. The summed E-state index contributed by atoms with van der Waals surface area (Å²) in [5, 5.41) is 8.80. The Morgan fingerprint density at radius 3 is 3.06 bits per heavy atom. The van der Waals surface area contributed by atoms with Gasteiger partial charge in [-0.2, -0.15) is 0 Å². The number of piperidine rings is 1. The van der Waals surface area contributed by atoms with Crippen molar-refractivity contribution in [2.24, 2.45) is 7.05 Å². The molecule has 1 N–H and O–H groups in total. The van der Waals surface area contributed by atoms with Crippen molar-refractivity contribution in [3.63, 3.8) is 0 Å². The first kappa shape index (κ1) is 13.1. The molecule has 1 aliphatic rings. The van der Waals surface area contributed by atoms with Gasteiger partial charge < -0.3 is 9.67 Å². The lowest BCUT2D eigenvalue weighted by Crippen LogP contribution is -2.39. The van der Waals surface area contributed by atoms with Gasteiger partial charge in [0.15, 0.2) is 0 Å². The fraction of sp³-hybridized carbons (Fsp3) is 0.692. The van der Waals surface area contributed by atoms with Gasteiger partial charge in [-0.25, -0.2) is 4.98 Å². The maximum atomic E-state index is 10.7. The number of aryl methyl sites for hydroxylation is 1. The van der Waals surface area contributed by atoms with Gasteiger partial charge in [-0.1, -0.05) is 6.42 Å². The normalized spacial score (nSPS) is 21.1. The van der Waals surface area contributed by atoms with Crippen molar-refractivity contribution in [1.82, 2.24) is 14.5 Å². The number of hydrogen-bond donors (Lipinski definition) is 1. The topological polar surface area (TPSA) is 58.4 Å². The van der Waals surface area contributed by atoms with Crippen LogP contribution >= 0.6 is 0 Å². The molecule has 1 aliphatic heterocycles. The Kier molecular flexibility index (Phi) is 4.36. The van der Waals surface area contributed by atoms with Crippen LogP contribution in [0.3, 0.4) is 0 Å². The SMILES string of the molecule is Cn1ccnc1CN1CCCCC1CCC(=O)O. The first-order valence-electron chi connectivity index (χ1n) is 6.59. The van der Waals surface area contributed by atoms with Crippen molar-refractivity contribution in [1.29, 1.82) is 0 Å². The summed E-state index contributed by atoms with van der Waals surface area (Å²) in [5.41, 5.74) is 0. The summed E-state index contributed by atoms with van der Waals surface area (Å²) >= 11 is 0. The molecule has 18 heavy (non-hydrogen) atoms. The molecule has 100 valence electrons. The first-order chi connectivity index (χ1) is 8.66. The molecule has 0 saturated carbocycles. The molecule has 1 unspecified atom stereocenters. The van der Waals surface area contributed by atoms with Crippen molar-refractivity contribution in [3.8, 4) is 0 Å². The average Bonchev–Trinajstić information content (AvgIpc) is 2.74. The fourth-order valence-electron chi connectivity index (χ4n) is 2.62. The van der Waals surface area contributed by atoms with Gasteiger partial charge in [-0.15, -0.1) is 0 Å². The monoisotopic (exact) mass is 251 g/mol. The second-order valence-electron chi connectivity index (χ2n) is 5.01. The van der Waals surface area contributed by atoms with E-state index in [4.69, 9.17) is 5.11 Å². The first-order valence-corrected chi connectivity index (χ1v) is 6.59. The minimum atomic E-state index is -0.697. The molecule has 0 aromatic carbocycles. The van der Waals surface area contributed by atoms with Crippen molar-refractivity contribution in [2.45, 2.75) is 44.7 Å². The summed E-state index contributed by atoms with van der Waals surface area (Å²) < 4.78 is 2.03. The Balaban J connectivity index is 1.95. The Morgan fingerprint density at radius 2 is 2.39 bits per heavy atom. The average molecular weight is 251 g/mol. The van der Waals surface area contributed by atoms with E-state index in [0.29, 0.717) is 6.04 Å². The molecule has 5 heteroatoms. The molecule has 1 aromatic heterocycles. The highest BCUT2D eigenvalue weighted by Gasteiger charge is 2.23. The Labute approximate surface area is 107 Å². The van der Waals surface area contributed by atoms with Gasteiger partial charge in [-0.3, -0.25) is 9.69 Å². The summed E-state index contributed by atoms with van der Waals surface area (Å²) in [6, 6.07) is 0.395. The van der Waals surface area contributed by atoms with Crippen LogP contribution in [0.5, 0.6) is 0 Å². The zero-order valence-corrected chi connectivity index (χ0v) is 10.9. The van der Waals surface area contributed by atoms with Gasteiger partial charge in [-0.05, 0) is 25.8 Å². The van der Waals surface area contributed by atoms with Crippen LogP contribution in [0.2, 0.25) is 0 Å². The fourth-order valence-corrected chi connectivity index (χ4v) is 2.62. The lowest BCUT2D eigenvalue weighted by Gasteiger charge is -2.35. The van der Waals surface area contributed by atoms with E-state index in [-0.39, 0.29) is 6.42 Å². The van der Waals surface area contributed by atoms with Crippen LogP contribution < -0.4 is 0 Å². The van der Waals surface area contributed by atoms with Gasteiger partial charge in [0.25, 0.3) is 0 Å². The van der Waals surface area contributed by atoms with Crippen LogP contribution in [-0.2, 0) is 18.4 Å². The standard InChI is InChI=1S/C13H21N3O2/c1-15-9-7-14-12(15)10-16-8-3-2-4-11(16)5-6-13(17)18/h7,9,11H,2-6,8,10H2,1H3,(H,17,18). The van der Waals surface area contributed by atoms with Gasteiger partial charge >= 0.3 is 5.97 Å². The van der Waals surface area contributed by atoms with E-state index in [0.717, 1.165) is 31.8 Å². The van der Waals surface area contributed by atoms with Gasteiger partial charge in [0.2, 0.25) is 0 Å². The lowest BCUT2D eigenvalue weighted by molar-refractivity contribution is -0.137. The van der Waals surface area contributed by atoms with Crippen LogP contribution in [0.15, 0.2) is 12.4 Å². The van der Waals surface area contributed by atoms with Crippen molar-refractivity contribution in [2.75, 3.05) is 6.54 Å². The van der Waals surface area contributed by atoms with Crippen LogP contribution in [0.25, 0.3) is 0 Å². The number of hydrogen-bond acceptors (Lipinski definition) is 3. The van der Waals surface area contributed by atoms with Crippen molar-refractivity contribution < 1.29 is 9.90 Å². The van der Waals surface area contributed by atoms with Crippen LogP contribution in [0.1, 0.15) is 37.9 Å². The molecule has 1 aromatic rings. The zero-order valence-electron chi connectivity index (χ0n) is 10.9. The van der Waals surface area contributed by atoms with Gasteiger partial charge in [0.05, 0.1) is 6.54 Å². The third-order valence-electron chi connectivity index (χ3n) is 3.71. The number of likely N-dealkylation sites (tertiary alicyclic amines) is 1. The minimum absolute atomic E-state index is 0.266. The van der Waals surface area contributed by atoms with E-state index in [1.165, 1.54) is 12.8 Å². The number of rotatable bonds is 5. The molecule has 0 bridgehead atoms. The number of aliphatic carboxylic acids is 1. The summed E-state index contributed by atoms with van der Waals surface area (Å²) in [6.07, 6.45) is 8.30. The Bertz CT molecular complexity index is 403. The maximum Gasteiger partial charge on any atom is 0.303 e. The highest BCUT2D eigenvalue weighted by molar-refractivity contribution is 5.66. The molecule has 1 saturated heterocycles. The predicted molar refractivity (Wildman–Crippen MR) is 68.1 cm³/mol. The number of aromatic nitrogens is 2. The molecule has 1 fully saturated rings. The molecule has 0 amide bonds. The molecule has 2 heterocycles. The summed E-state index contributed by atoms with van der Waals surface area (Å²) in [6.45, 7) is 1.88. The molecule has 0 radical (unpaired) electrons. The Hall–Kier alpha value is -1.36. The number of carboxylic acid groups (broad SMARTS) is 1. The van der Waals surface area contributed by atoms with Crippen LogP contribution in [0.4, 0.5) is 0 Å². The molecule has 5 nitrogen and oxygen atoms in total. The van der Waals surface area contributed by atoms with Crippen molar-refractivity contribution in [3.05, 3.63) is 18.2 Å².